The van der Waals surface area contributed by atoms with Crippen LogP contribution in [0, 0.1) is 16.7 Å². The summed E-state index contributed by atoms with van der Waals surface area (Å²) in [5.74, 6) is -0.0729. The minimum atomic E-state index is -1.32. The van der Waals surface area contributed by atoms with Crippen molar-refractivity contribution in [3.63, 3.8) is 0 Å². The lowest BCUT2D eigenvalue weighted by molar-refractivity contribution is -0.148. The summed E-state index contributed by atoms with van der Waals surface area (Å²) in [4.78, 5) is 12.8. The van der Waals surface area contributed by atoms with Crippen molar-refractivity contribution in [2.45, 2.75) is 56.7 Å². The van der Waals surface area contributed by atoms with Crippen LogP contribution < -0.4 is 0 Å². The highest BCUT2D eigenvalue weighted by atomic mass is 32.2. The molecule has 0 aromatic heterocycles. The average molecular weight is 394 g/mol. The molecule has 3 fully saturated rings. The summed E-state index contributed by atoms with van der Waals surface area (Å²) in [6, 6.07) is 0. The highest BCUT2D eigenvalue weighted by molar-refractivity contribution is 7.84. The third-order valence-corrected chi connectivity index (χ3v) is 8.35. The average Bonchev–Trinajstić information content (AvgIpc) is 3.20. The molecule has 2 aliphatic carbocycles. The van der Waals surface area contributed by atoms with Crippen molar-refractivity contribution < 1.29 is 28.3 Å². The van der Waals surface area contributed by atoms with E-state index in [0.717, 1.165) is 5.57 Å². The molecule has 7 heteroatoms. The van der Waals surface area contributed by atoms with Crippen molar-refractivity contribution in [3.8, 4) is 0 Å². The predicted molar refractivity (Wildman–Crippen MR) is 98.3 cm³/mol. The molecule has 0 amide bonds. The van der Waals surface area contributed by atoms with E-state index < -0.39 is 38.9 Å². The predicted octanol–water partition coefficient (Wildman–Crippen LogP) is 1.11. The number of allylic oxidation sites excluding steroid dienone is 2. The van der Waals surface area contributed by atoms with Gasteiger partial charge in [0.25, 0.3) is 0 Å². The van der Waals surface area contributed by atoms with Crippen molar-refractivity contribution in [2.75, 3.05) is 18.6 Å². The van der Waals surface area contributed by atoms with Crippen LogP contribution in [0.2, 0.25) is 0 Å². The van der Waals surface area contributed by atoms with Gasteiger partial charge in [0.2, 0.25) is 0 Å². The Balaban J connectivity index is 1.64. The van der Waals surface area contributed by atoms with Crippen LogP contribution in [0.5, 0.6) is 0 Å². The molecule has 9 atom stereocenters. The van der Waals surface area contributed by atoms with Gasteiger partial charge in [0, 0.05) is 28.4 Å². The van der Waals surface area contributed by atoms with E-state index in [0.29, 0.717) is 13.0 Å². The number of aliphatic hydroxyl groups is 1. The molecule has 0 bridgehead atoms. The molecule has 1 N–H and O–H groups in total. The first-order valence-corrected chi connectivity index (χ1v) is 11.2. The van der Waals surface area contributed by atoms with Gasteiger partial charge in [0.05, 0.1) is 17.8 Å². The second kappa shape index (κ2) is 5.12. The Kier molecular flexibility index (Phi) is 3.42. The maximum Gasteiger partial charge on any atom is 0.312 e. The summed E-state index contributed by atoms with van der Waals surface area (Å²) in [6.45, 7) is 6.15. The fraction of sp³-hybridized carbons (Fsp3) is 0.750. The first kappa shape index (κ1) is 18.0. The Bertz CT molecular complexity index is 817. The Hall–Kier alpha value is -1.02. The van der Waals surface area contributed by atoms with Gasteiger partial charge in [-0.3, -0.25) is 9.00 Å². The molecule has 148 valence electrons. The lowest BCUT2D eigenvalue weighted by Crippen LogP contribution is -2.63. The van der Waals surface area contributed by atoms with Gasteiger partial charge in [-0.25, -0.2) is 0 Å². The van der Waals surface area contributed by atoms with Crippen LogP contribution in [0.3, 0.4) is 0 Å². The molecule has 27 heavy (non-hydrogen) atoms. The summed E-state index contributed by atoms with van der Waals surface area (Å²) >= 11 is 0. The van der Waals surface area contributed by atoms with Crippen LogP contribution in [0.25, 0.3) is 0 Å². The minimum Gasteiger partial charge on any atom is -0.459 e. The fourth-order valence-electron chi connectivity index (χ4n) is 6.51. The van der Waals surface area contributed by atoms with Gasteiger partial charge >= 0.3 is 5.97 Å². The second-order valence-electron chi connectivity index (χ2n) is 9.39. The largest absolute Gasteiger partial charge is 0.459 e. The number of hydrogen-bond acceptors (Lipinski definition) is 6. The number of hydrogen-bond donors (Lipinski definition) is 1. The lowest BCUT2D eigenvalue weighted by Gasteiger charge is -2.53. The fourth-order valence-corrected chi connectivity index (χ4v) is 7.49. The molecule has 6 nitrogen and oxygen atoms in total. The molecule has 0 aromatic carbocycles. The third kappa shape index (κ3) is 2.01. The van der Waals surface area contributed by atoms with Crippen molar-refractivity contribution in [1.29, 1.82) is 0 Å². The highest BCUT2D eigenvalue weighted by Gasteiger charge is 2.82. The monoisotopic (exact) mass is 394 g/mol. The molecule has 3 heterocycles. The Morgan fingerprint density at radius 1 is 1.41 bits per heavy atom. The third-order valence-electron chi connectivity index (χ3n) is 7.36. The zero-order valence-corrected chi connectivity index (χ0v) is 16.9. The Morgan fingerprint density at radius 3 is 2.85 bits per heavy atom. The second-order valence-corrected chi connectivity index (χ2v) is 10.8. The summed E-state index contributed by atoms with van der Waals surface area (Å²) in [5.41, 5.74) is -2.04. The molecule has 9 unspecified atom stereocenters. The van der Waals surface area contributed by atoms with Gasteiger partial charge in [-0.05, 0) is 25.8 Å². The van der Waals surface area contributed by atoms with Gasteiger partial charge in [0.15, 0.2) is 0 Å². The van der Waals surface area contributed by atoms with E-state index in [2.05, 4.69) is 19.1 Å². The van der Waals surface area contributed by atoms with Crippen LogP contribution >= 0.6 is 0 Å². The van der Waals surface area contributed by atoms with E-state index in [1.54, 1.807) is 13.2 Å². The summed E-state index contributed by atoms with van der Waals surface area (Å²) in [7, 11) is -1.19. The zero-order chi connectivity index (χ0) is 19.4. The molecule has 0 radical (unpaired) electrons. The van der Waals surface area contributed by atoms with Crippen LogP contribution in [0.15, 0.2) is 23.8 Å². The van der Waals surface area contributed by atoms with Gasteiger partial charge in [-0.2, -0.15) is 0 Å². The highest BCUT2D eigenvalue weighted by Crippen LogP contribution is 2.71. The topological polar surface area (TPSA) is 85.4 Å². The van der Waals surface area contributed by atoms with Crippen molar-refractivity contribution in [1.82, 2.24) is 0 Å². The van der Waals surface area contributed by atoms with E-state index in [-0.39, 0.29) is 29.8 Å². The van der Waals surface area contributed by atoms with Crippen molar-refractivity contribution >= 4 is 16.8 Å². The number of carbonyl (C=O) groups is 1. The number of esters is 1. The number of fused-ring (bicyclic) bond motifs is 2. The molecule has 2 saturated heterocycles. The van der Waals surface area contributed by atoms with Crippen LogP contribution in [-0.2, 0) is 29.8 Å². The first-order valence-electron chi connectivity index (χ1n) is 9.49. The van der Waals surface area contributed by atoms with E-state index in [1.807, 2.05) is 13.0 Å². The molecular weight excluding hydrogens is 368 g/mol. The number of carbonyl (C=O) groups excluding carboxylic acids is 1. The summed E-state index contributed by atoms with van der Waals surface area (Å²) < 4.78 is 30.0. The number of ether oxygens (including phenoxy) is 3. The lowest BCUT2D eigenvalue weighted by atomic mass is 9.49. The normalized spacial score (nSPS) is 52.6. The van der Waals surface area contributed by atoms with Crippen LogP contribution in [0.1, 0.15) is 27.2 Å². The smallest absolute Gasteiger partial charge is 0.312 e. The zero-order valence-electron chi connectivity index (χ0n) is 16.1. The quantitative estimate of drug-likeness (QED) is 0.438. The maximum atomic E-state index is 12.8. The van der Waals surface area contributed by atoms with E-state index >= 15 is 0 Å². The Labute approximate surface area is 161 Å². The van der Waals surface area contributed by atoms with Gasteiger partial charge in [-0.15, -0.1) is 0 Å². The maximum absolute atomic E-state index is 12.8. The summed E-state index contributed by atoms with van der Waals surface area (Å²) in [5, 5.41) is 11.1. The molecule has 3 aliphatic heterocycles. The molecule has 0 aromatic rings. The molecule has 1 saturated carbocycles. The van der Waals surface area contributed by atoms with Gasteiger partial charge in [-0.1, -0.05) is 25.2 Å². The summed E-state index contributed by atoms with van der Waals surface area (Å²) in [6.07, 6.45) is 7.19. The van der Waals surface area contributed by atoms with Crippen LogP contribution in [0.4, 0.5) is 0 Å². The number of rotatable bonds is 3. The van der Waals surface area contributed by atoms with E-state index in [1.165, 1.54) is 0 Å². The van der Waals surface area contributed by atoms with Gasteiger partial charge < -0.3 is 19.3 Å². The molecule has 1 spiro atoms. The number of epoxide rings is 1. The first-order chi connectivity index (χ1) is 12.6. The SMILES string of the molecule is CS(=O)CC(C)(O)C1OCC=C2C3(C)C=CCC4(C)C(=O)OC(C34)C3OC231. The van der Waals surface area contributed by atoms with Crippen molar-refractivity contribution in [2.24, 2.45) is 16.7 Å². The Morgan fingerprint density at radius 2 is 2.15 bits per heavy atom. The molecule has 5 aliphatic rings. The minimum absolute atomic E-state index is 0.00150. The van der Waals surface area contributed by atoms with E-state index in [4.69, 9.17) is 14.2 Å². The van der Waals surface area contributed by atoms with E-state index in [9.17, 15) is 14.1 Å². The molecular formula is C20H26O6S. The van der Waals surface area contributed by atoms with Crippen LogP contribution in [-0.4, -0.2) is 63.4 Å². The van der Waals surface area contributed by atoms with Gasteiger partial charge in [0.1, 0.15) is 29.5 Å². The van der Waals surface area contributed by atoms with Crippen molar-refractivity contribution in [3.05, 3.63) is 23.8 Å². The standard InChI is InChI=1S/C20H26O6S/c1-17-7-5-8-18(2)13(17)12(25-16(18)21)14-20(26-14)11(17)6-9-24-15(20)19(3,22)10-27(4)23/h5-7,12-15,22H,8-10H2,1-4H3. The molecule has 5 rings (SSSR count).